The first-order chi connectivity index (χ1) is 12.1. The van der Waals surface area contributed by atoms with Crippen molar-refractivity contribution in [3.8, 4) is 10.4 Å². The summed E-state index contributed by atoms with van der Waals surface area (Å²) in [6.45, 7) is 5.97. The molecule has 0 radical (unpaired) electrons. The third-order valence-electron chi connectivity index (χ3n) is 5.45. The number of aryl methyl sites for hydroxylation is 1. The predicted octanol–water partition coefficient (Wildman–Crippen LogP) is 4.57. The third-order valence-corrected chi connectivity index (χ3v) is 6.33. The molecule has 1 N–H and O–H groups in total. The van der Waals surface area contributed by atoms with Crippen molar-refractivity contribution in [2.75, 3.05) is 31.6 Å². The average Bonchev–Trinajstić information content (AvgIpc) is 3.10. The molecule has 7 heteroatoms. The topological polar surface area (TPSA) is 54.5 Å². The molecule has 0 spiro atoms. The van der Waals surface area contributed by atoms with Crippen molar-refractivity contribution in [3.05, 3.63) is 35.3 Å². The number of hydrogen-bond donors (Lipinski definition) is 1. The number of halogens is 1. The lowest BCUT2D eigenvalue weighted by molar-refractivity contribution is -0.0190. The van der Waals surface area contributed by atoms with Crippen LogP contribution in [0, 0.1) is 12.3 Å². The SMILES string of the molecule is Cc1cccc(-c2scnc2NC(=O)OCC23CCN(CC2)CC3)c1.Cl. The quantitative estimate of drug-likeness (QED) is 0.826. The Kier molecular flexibility index (Phi) is 5.85. The molecule has 26 heavy (non-hydrogen) atoms. The van der Waals surface area contributed by atoms with Gasteiger partial charge in [0.25, 0.3) is 0 Å². The first kappa shape index (κ1) is 19.1. The second-order valence-electron chi connectivity index (χ2n) is 7.19. The minimum absolute atomic E-state index is 0. The standard InChI is InChI=1S/C19H23N3O2S.ClH/c1-14-3-2-4-15(11-14)16-17(20-13-25-16)21-18(23)24-12-19-5-8-22(9-6-19)10-7-19;/h2-4,11,13H,5-10,12H2,1H3,(H,21,23);1H. The van der Waals surface area contributed by atoms with Crippen molar-refractivity contribution >= 4 is 35.7 Å². The van der Waals surface area contributed by atoms with Crippen molar-refractivity contribution in [3.63, 3.8) is 0 Å². The number of nitrogens with zero attached hydrogens (tertiary/aromatic N) is 2. The number of fused-ring (bicyclic) bond motifs is 3. The molecular weight excluding hydrogens is 370 g/mol. The Bertz CT molecular complexity index is 758. The predicted molar refractivity (Wildman–Crippen MR) is 107 cm³/mol. The summed E-state index contributed by atoms with van der Waals surface area (Å²) < 4.78 is 5.58. The highest BCUT2D eigenvalue weighted by Crippen LogP contribution is 2.40. The Labute approximate surface area is 164 Å². The number of amides is 1. The number of nitrogens with one attached hydrogen (secondary N) is 1. The summed E-state index contributed by atoms with van der Waals surface area (Å²) in [5.41, 5.74) is 4.19. The van der Waals surface area contributed by atoms with Gasteiger partial charge >= 0.3 is 6.09 Å². The summed E-state index contributed by atoms with van der Waals surface area (Å²) in [6.07, 6.45) is 2.99. The summed E-state index contributed by atoms with van der Waals surface area (Å²) in [6, 6.07) is 8.20. The van der Waals surface area contributed by atoms with E-state index in [1.54, 1.807) is 5.51 Å². The highest BCUT2D eigenvalue weighted by atomic mass is 35.5. The number of rotatable bonds is 4. The van der Waals surface area contributed by atoms with Crippen LogP contribution in [0.3, 0.4) is 0 Å². The molecule has 1 aromatic heterocycles. The molecule has 2 aromatic rings. The van der Waals surface area contributed by atoms with Crippen LogP contribution < -0.4 is 5.32 Å². The number of anilines is 1. The van der Waals surface area contributed by atoms with Crippen molar-refractivity contribution in [2.45, 2.75) is 26.2 Å². The van der Waals surface area contributed by atoms with Crippen LogP contribution in [-0.4, -0.2) is 42.2 Å². The van der Waals surface area contributed by atoms with Crippen LogP contribution >= 0.6 is 23.7 Å². The van der Waals surface area contributed by atoms with Crippen molar-refractivity contribution in [1.29, 1.82) is 0 Å². The van der Waals surface area contributed by atoms with Crippen LogP contribution in [-0.2, 0) is 4.74 Å². The zero-order chi connectivity index (χ0) is 17.3. The summed E-state index contributed by atoms with van der Waals surface area (Å²) in [5.74, 6) is 0.580. The second-order valence-corrected chi connectivity index (χ2v) is 8.05. The second kappa shape index (κ2) is 7.94. The maximum atomic E-state index is 12.3. The van der Waals surface area contributed by atoms with Gasteiger partial charge in [0.2, 0.25) is 0 Å². The minimum Gasteiger partial charge on any atom is -0.449 e. The molecule has 140 valence electrons. The molecule has 0 saturated carbocycles. The lowest BCUT2D eigenvalue weighted by Gasteiger charge is -2.47. The maximum absolute atomic E-state index is 12.3. The molecule has 3 aliphatic heterocycles. The normalized spacial score (nSPS) is 24.0. The number of ether oxygens (including phenoxy) is 1. The molecule has 2 bridgehead atoms. The van der Waals surface area contributed by atoms with Crippen LogP contribution in [0.2, 0.25) is 0 Å². The molecule has 3 aliphatic rings. The van der Waals surface area contributed by atoms with Gasteiger partial charge in [0.05, 0.1) is 17.0 Å². The van der Waals surface area contributed by atoms with Crippen molar-refractivity contribution in [1.82, 2.24) is 9.88 Å². The van der Waals surface area contributed by atoms with E-state index in [-0.39, 0.29) is 17.8 Å². The van der Waals surface area contributed by atoms with Gasteiger partial charge in [0.15, 0.2) is 5.82 Å². The smallest absolute Gasteiger partial charge is 0.412 e. The van der Waals surface area contributed by atoms with E-state index in [1.165, 1.54) is 16.9 Å². The van der Waals surface area contributed by atoms with Gasteiger partial charge < -0.3 is 9.64 Å². The molecular formula is C19H24ClN3O2S. The van der Waals surface area contributed by atoms with Crippen LogP contribution in [0.1, 0.15) is 24.8 Å². The largest absolute Gasteiger partial charge is 0.449 e. The number of carbonyl (C=O) groups is 1. The zero-order valence-corrected chi connectivity index (χ0v) is 16.5. The fraction of sp³-hybridized carbons (Fsp3) is 0.474. The van der Waals surface area contributed by atoms with Crippen molar-refractivity contribution < 1.29 is 9.53 Å². The van der Waals surface area contributed by atoms with Gasteiger partial charge in [-0.3, -0.25) is 5.32 Å². The molecule has 4 heterocycles. The fourth-order valence-electron chi connectivity index (χ4n) is 3.79. The Morgan fingerprint density at radius 1 is 1.31 bits per heavy atom. The van der Waals surface area contributed by atoms with E-state index in [2.05, 4.69) is 34.3 Å². The van der Waals surface area contributed by atoms with Crippen LogP contribution in [0.15, 0.2) is 29.8 Å². The monoisotopic (exact) mass is 393 g/mol. The Hall–Kier alpha value is -1.63. The van der Waals surface area contributed by atoms with E-state index in [1.807, 2.05) is 12.1 Å². The van der Waals surface area contributed by atoms with Gasteiger partial charge in [-0.2, -0.15) is 0 Å². The highest BCUT2D eigenvalue weighted by Gasteiger charge is 2.40. The molecule has 1 aromatic carbocycles. The average molecular weight is 394 g/mol. The van der Waals surface area contributed by atoms with Gasteiger partial charge in [-0.25, -0.2) is 9.78 Å². The number of aromatic nitrogens is 1. The lowest BCUT2D eigenvalue weighted by Crippen LogP contribution is -2.50. The molecule has 0 unspecified atom stereocenters. The number of piperidine rings is 3. The number of thiazole rings is 1. The van der Waals surface area contributed by atoms with Gasteiger partial charge in [0, 0.05) is 5.41 Å². The molecule has 5 nitrogen and oxygen atoms in total. The van der Waals surface area contributed by atoms with Crippen LogP contribution in [0.5, 0.6) is 0 Å². The molecule has 3 fully saturated rings. The van der Waals surface area contributed by atoms with Gasteiger partial charge in [-0.1, -0.05) is 29.8 Å². The van der Waals surface area contributed by atoms with Gasteiger partial charge in [-0.05, 0) is 51.4 Å². The van der Waals surface area contributed by atoms with Gasteiger partial charge in [-0.15, -0.1) is 23.7 Å². The fourth-order valence-corrected chi connectivity index (χ4v) is 4.53. The Morgan fingerprint density at radius 3 is 2.73 bits per heavy atom. The van der Waals surface area contributed by atoms with Crippen LogP contribution in [0.4, 0.5) is 10.6 Å². The van der Waals surface area contributed by atoms with Crippen molar-refractivity contribution in [2.24, 2.45) is 5.41 Å². The molecule has 0 atom stereocenters. The van der Waals surface area contributed by atoms with Gasteiger partial charge in [0.1, 0.15) is 0 Å². The Balaban J connectivity index is 0.00000196. The minimum atomic E-state index is -0.401. The summed E-state index contributed by atoms with van der Waals surface area (Å²) >= 11 is 1.52. The lowest BCUT2D eigenvalue weighted by atomic mass is 9.73. The Morgan fingerprint density at radius 2 is 2.04 bits per heavy atom. The van der Waals surface area contributed by atoms with E-state index >= 15 is 0 Å². The van der Waals surface area contributed by atoms with E-state index < -0.39 is 6.09 Å². The number of carbonyl (C=O) groups excluding carboxylic acids is 1. The molecule has 3 saturated heterocycles. The summed E-state index contributed by atoms with van der Waals surface area (Å²) in [4.78, 5) is 20.1. The van der Waals surface area contributed by atoms with E-state index in [0.717, 1.165) is 49.3 Å². The number of hydrogen-bond acceptors (Lipinski definition) is 5. The van der Waals surface area contributed by atoms with E-state index in [0.29, 0.717) is 12.4 Å². The van der Waals surface area contributed by atoms with Crippen LogP contribution in [0.25, 0.3) is 10.4 Å². The zero-order valence-electron chi connectivity index (χ0n) is 14.9. The molecule has 1 amide bonds. The third kappa shape index (κ3) is 4.03. The van der Waals surface area contributed by atoms with E-state index in [4.69, 9.17) is 4.74 Å². The summed E-state index contributed by atoms with van der Waals surface area (Å²) in [7, 11) is 0. The first-order valence-electron chi connectivity index (χ1n) is 8.80. The number of benzene rings is 1. The highest BCUT2D eigenvalue weighted by molar-refractivity contribution is 7.13. The van der Waals surface area contributed by atoms with E-state index in [9.17, 15) is 4.79 Å². The summed E-state index contributed by atoms with van der Waals surface area (Å²) in [5, 5.41) is 2.83. The maximum Gasteiger partial charge on any atom is 0.412 e. The first-order valence-corrected chi connectivity index (χ1v) is 9.68. The molecule has 5 rings (SSSR count). The molecule has 0 aliphatic carbocycles.